The number of nitriles is 1. The average Bonchev–Trinajstić information content (AvgIpc) is 2.60. The van der Waals surface area contributed by atoms with Crippen LogP contribution in [0.4, 0.5) is 10.2 Å². The number of aromatic nitrogens is 2. The number of nitrogen functional groups attached to an aromatic ring is 1. The molecular weight excluding hydrogens is 347 g/mol. The summed E-state index contributed by atoms with van der Waals surface area (Å²) in [5, 5.41) is 9.88. The number of nitrogens with two attached hydrogens (primary N) is 1. The molecule has 0 amide bonds. The first-order valence-electron chi connectivity index (χ1n) is 8.04. The number of aryl methyl sites for hydroxylation is 1. The third-order valence-corrected chi connectivity index (χ3v) is 4.73. The van der Waals surface area contributed by atoms with Gasteiger partial charge in [0.1, 0.15) is 23.3 Å². The van der Waals surface area contributed by atoms with E-state index in [0.29, 0.717) is 23.0 Å². The van der Waals surface area contributed by atoms with Crippen molar-refractivity contribution in [1.82, 2.24) is 9.97 Å². The summed E-state index contributed by atoms with van der Waals surface area (Å²) in [6.07, 6.45) is 0.325. The fraction of sp³-hybridized carbons (Fsp3) is 0.150. The van der Waals surface area contributed by atoms with Crippen LogP contribution in [0.15, 0.2) is 53.7 Å². The highest BCUT2D eigenvalue weighted by Gasteiger charge is 2.14. The molecule has 0 bridgehead atoms. The minimum Gasteiger partial charge on any atom is -0.382 e. The van der Waals surface area contributed by atoms with Crippen molar-refractivity contribution in [1.29, 1.82) is 5.26 Å². The predicted octanol–water partition coefficient (Wildman–Crippen LogP) is 4.26. The molecule has 3 aromatic rings. The van der Waals surface area contributed by atoms with Gasteiger partial charge in [-0.25, -0.2) is 14.4 Å². The van der Waals surface area contributed by atoms with Crippen molar-refractivity contribution < 1.29 is 4.39 Å². The van der Waals surface area contributed by atoms with Crippen molar-refractivity contribution in [3.63, 3.8) is 0 Å². The predicted molar refractivity (Wildman–Crippen MR) is 101 cm³/mol. The maximum atomic E-state index is 13.4. The van der Waals surface area contributed by atoms with Crippen LogP contribution in [0.2, 0.25) is 0 Å². The minimum absolute atomic E-state index is 0.153. The second kappa shape index (κ2) is 7.98. The molecule has 0 saturated carbocycles. The Morgan fingerprint density at radius 3 is 2.62 bits per heavy atom. The van der Waals surface area contributed by atoms with Crippen LogP contribution in [-0.2, 0) is 12.2 Å². The number of halogens is 1. The van der Waals surface area contributed by atoms with Crippen molar-refractivity contribution in [2.24, 2.45) is 0 Å². The number of hydrogen-bond acceptors (Lipinski definition) is 5. The number of nitrogens with zero attached hydrogens (tertiary/aromatic N) is 3. The van der Waals surface area contributed by atoms with Crippen molar-refractivity contribution in [3.05, 3.63) is 82.3 Å². The van der Waals surface area contributed by atoms with E-state index in [1.165, 1.54) is 29.5 Å². The van der Waals surface area contributed by atoms with Gasteiger partial charge in [-0.05, 0) is 30.2 Å². The summed E-state index contributed by atoms with van der Waals surface area (Å²) in [7, 11) is 0. The second-order valence-electron chi connectivity index (χ2n) is 5.91. The molecule has 3 rings (SSSR count). The second-order valence-corrected chi connectivity index (χ2v) is 6.85. The van der Waals surface area contributed by atoms with E-state index in [1.54, 1.807) is 12.1 Å². The largest absolute Gasteiger partial charge is 0.382 e. The van der Waals surface area contributed by atoms with Gasteiger partial charge in [-0.1, -0.05) is 53.7 Å². The number of benzene rings is 2. The van der Waals surface area contributed by atoms with Gasteiger partial charge in [-0.3, -0.25) is 0 Å². The van der Waals surface area contributed by atoms with Crippen LogP contribution in [0.25, 0.3) is 0 Å². The zero-order valence-corrected chi connectivity index (χ0v) is 15.1. The maximum absolute atomic E-state index is 13.4. The van der Waals surface area contributed by atoms with E-state index in [-0.39, 0.29) is 17.2 Å². The van der Waals surface area contributed by atoms with Gasteiger partial charge < -0.3 is 5.73 Å². The number of hydrogen-bond donors (Lipinski definition) is 1. The van der Waals surface area contributed by atoms with Crippen LogP contribution in [0.1, 0.15) is 27.9 Å². The Bertz CT molecular complexity index is 982. The van der Waals surface area contributed by atoms with Crippen molar-refractivity contribution in [2.75, 3.05) is 5.73 Å². The minimum atomic E-state index is -0.322. The van der Waals surface area contributed by atoms with Crippen molar-refractivity contribution in [3.8, 4) is 6.07 Å². The van der Waals surface area contributed by atoms with Gasteiger partial charge in [0.25, 0.3) is 0 Å². The summed E-state index contributed by atoms with van der Waals surface area (Å²) >= 11 is 1.46. The average molecular weight is 364 g/mol. The number of anilines is 1. The van der Waals surface area contributed by atoms with Gasteiger partial charge in [0.2, 0.25) is 0 Å². The monoisotopic (exact) mass is 364 g/mol. The van der Waals surface area contributed by atoms with E-state index in [0.717, 1.165) is 11.1 Å². The zero-order valence-electron chi connectivity index (χ0n) is 14.2. The molecule has 2 aromatic carbocycles. The lowest BCUT2D eigenvalue weighted by atomic mass is 10.1. The Hall–Kier alpha value is -2.91. The lowest BCUT2D eigenvalue weighted by Gasteiger charge is -2.09. The van der Waals surface area contributed by atoms with E-state index in [4.69, 9.17) is 5.73 Å². The summed E-state index contributed by atoms with van der Waals surface area (Å²) in [6.45, 7) is 2.04. The third-order valence-electron chi connectivity index (χ3n) is 3.81. The normalized spacial score (nSPS) is 10.5. The van der Waals surface area contributed by atoms with Crippen LogP contribution >= 0.6 is 11.8 Å². The van der Waals surface area contributed by atoms with Gasteiger partial charge in [-0.2, -0.15) is 5.26 Å². The fourth-order valence-corrected chi connectivity index (χ4v) is 3.42. The highest BCUT2D eigenvalue weighted by Crippen LogP contribution is 2.24. The van der Waals surface area contributed by atoms with Crippen molar-refractivity contribution >= 4 is 17.6 Å². The molecule has 130 valence electrons. The first-order chi connectivity index (χ1) is 12.5. The Balaban J connectivity index is 1.85. The third kappa shape index (κ3) is 4.38. The lowest BCUT2D eigenvalue weighted by molar-refractivity contribution is 0.626. The highest BCUT2D eigenvalue weighted by molar-refractivity contribution is 7.98. The molecule has 2 N–H and O–H groups in total. The zero-order chi connectivity index (χ0) is 18.5. The molecule has 0 saturated heterocycles. The Morgan fingerprint density at radius 1 is 1.12 bits per heavy atom. The lowest BCUT2D eigenvalue weighted by Crippen LogP contribution is -2.06. The molecule has 1 aromatic heterocycles. The molecule has 6 heteroatoms. The van der Waals surface area contributed by atoms with E-state index in [9.17, 15) is 9.65 Å². The number of thioether (sulfide) groups is 1. The first kappa shape index (κ1) is 17.9. The van der Waals surface area contributed by atoms with Gasteiger partial charge in [-0.15, -0.1) is 0 Å². The van der Waals surface area contributed by atoms with E-state index in [2.05, 4.69) is 22.1 Å². The molecule has 0 unspecified atom stereocenters. The molecule has 0 aliphatic heterocycles. The molecule has 0 radical (unpaired) electrons. The molecule has 1 heterocycles. The topological polar surface area (TPSA) is 75.6 Å². The summed E-state index contributed by atoms with van der Waals surface area (Å²) in [5.41, 5.74) is 9.79. The van der Waals surface area contributed by atoms with Gasteiger partial charge in [0, 0.05) is 12.2 Å². The van der Waals surface area contributed by atoms with E-state index in [1.807, 2.05) is 25.1 Å². The molecule has 0 fully saturated rings. The van der Waals surface area contributed by atoms with Crippen LogP contribution in [0.3, 0.4) is 0 Å². The summed E-state index contributed by atoms with van der Waals surface area (Å²) < 4.78 is 13.4. The quantitative estimate of drug-likeness (QED) is 0.541. The first-order valence-corrected chi connectivity index (χ1v) is 9.03. The van der Waals surface area contributed by atoms with E-state index >= 15 is 0 Å². The smallest absolute Gasteiger partial charge is 0.190 e. The molecule has 0 aliphatic carbocycles. The van der Waals surface area contributed by atoms with E-state index < -0.39 is 0 Å². The molecule has 0 spiro atoms. The molecule has 4 nitrogen and oxygen atoms in total. The molecule has 0 aliphatic rings. The summed E-state index contributed by atoms with van der Waals surface area (Å²) in [5.74, 6) is 0.532. The van der Waals surface area contributed by atoms with Gasteiger partial charge in [0.15, 0.2) is 5.16 Å². The SMILES string of the molecule is Cc1cccc(CSc2nc(N)c(C#N)c(Cc3cccc(F)c3)n2)c1. The van der Waals surface area contributed by atoms with Crippen LogP contribution < -0.4 is 5.73 Å². The van der Waals surface area contributed by atoms with Crippen molar-refractivity contribution in [2.45, 2.75) is 24.3 Å². The van der Waals surface area contributed by atoms with Crippen LogP contribution in [0, 0.1) is 24.1 Å². The molecule has 0 atom stereocenters. The molecular formula is C20H17FN4S. The van der Waals surface area contributed by atoms with Crippen LogP contribution in [0.5, 0.6) is 0 Å². The Morgan fingerprint density at radius 2 is 1.88 bits per heavy atom. The van der Waals surface area contributed by atoms with Crippen LogP contribution in [-0.4, -0.2) is 9.97 Å². The Kier molecular flexibility index (Phi) is 5.49. The maximum Gasteiger partial charge on any atom is 0.190 e. The number of rotatable bonds is 5. The summed E-state index contributed by atoms with van der Waals surface area (Å²) in [6, 6.07) is 16.5. The summed E-state index contributed by atoms with van der Waals surface area (Å²) in [4.78, 5) is 8.73. The standard InChI is InChI=1S/C20H17FN4S/c1-13-4-2-6-15(8-13)12-26-20-24-18(17(11-22)19(23)25-20)10-14-5-3-7-16(21)9-14/h2-9H,10,12H2,1H3,(H2,23,24,25). The van der Waals surface area contributed by atoms with Gasteiger partial charge >= 0.3 is 0 Å². The van der Waals surface area contributed by atoms with Gasteiger partial charge in [0.05, 0.1) is 5.69 Å². The fourth-order valence-electron chi connectivity index (χ4n) is 2.61. The molecule has 26 heavy (non-hydrogen) atoms. The Labute approximate surface area is 155 Å². The highest BCUT2D eigenvalue weighted by atomic mass is 32.2.